The van der Waals surface area contributed by atoms with E-state index in [1.54, 1.807) is 0 Å². The van der Waals surface area contributed by atoms with Gasteiger partial charge in [-0.15, -0.1) is 0 Å². The summed E-state index contributed by atoms with van der Waals surface area (Å²) in [6, 6.07) is 0. The lowest BCUT2D eigenvalue weighted by Crippen LogP contribution is -1.93. The summed E-state index contributed by atoms with van der Waals surface area (Å²) < 4.78 is 0. The molecule has 2 nitrogen and oxygen atoms in total. The van der Waals surface area contributed by atoms with Crippen LogP contribution in [-0.4, -0.2) is 11.4 Å². The van der Waals surface area contributed by atoms with Crippen LogP contribution in [0.5, 0.6) is 0 Å². The van der Waals surface area contributed by atoms with E-state index >= 15 is 0 Å². The molecule has 0 saturated heterocycles. The fourth-order valence-electron chi connectivity index (χ4n) is 1.43. The van der Waals surface area contributed by atoms with Gasteiger partial charge in [0.05, 0.1) is 0 Å². The van der Waals surface area contributed by atoms with Crippen molar-refractivity contribution in [2.75, 3.05) is 0 Å². The molecule has 0 radical (unpaired) electrons. The van der Waals surface area contributed by atoms with Gasteiger partial charge in [-0.05, 0) is 60.5 Å². The fourth-order valence-corrected chi connectivity index (χ4v) is 1.43. The number of hydrogen-bond donors (Lipinski definition) is 0. The summed E-state index contributed by atoms with van der Waals surface area (Å²) >= 11 is 0. The minimum absolute atomic E-state index is 0.974. The molecule has 0 aromatic carbocycles. The van der Waals surface area contributed by atoms with Crippen molar-refractivity contribution < 1.29 is 0 Å². The normalized spacial score (nSPS) is 13.6. The Morgan fingerprint density at radius 1 is 1.00 bits per heavy atom. The molecule has 0 aliphatic rings. The molecule has 0 aromatic rings. The molecule has 0 atom stereocenters. The highest BCUT2D eigenvalue weighted by Gasteiger charge is 1.95. The molecule has 0 amide bonds. The maximum Gasteiger partial charge on any atom is 0.0374 e. The molecule has 0 saturated carbocycles. The number of aliphatic imine (C=N–C) groups is 2. The zero-order valence-corrected chi connectivity index (χ0v) is 12.7. The van der Waals surface area contributed by atoms with Gasteiger partial charge in [0, 0.05) is 23.3 Å². The van der Waals surface area contributed by atoms with E-state index in [1.165, 1.54) is 5.57 Å². The van der Waals surface area contributed by atoms with Crippen LogP contribution in [0.1, 0.15) is 54.4 Å². The second-order valence-corrected chi connectivity index (χ2v) is 5.03. The van der Waals surface area contributed by atoms with Crippen LogP contribution in [-0.2, 0) is 0 Å². The van der Waals surface area contributed by atoms with Crippen LogP contribution in [0.3, 0.4) is 0 Å². The van der Waals surface area contributed by atoms with Gasteiger partial charge in [-0.3, -0.25) is 9.98 Å². The lowest BCUT2D eigenvalue weighted by atomic mass is 10.1. The maximum absolute atomic E-state index is 4.54. The molecule has 18 heavy (non-hydrogen) atoms. The molecule has 0 N–H and O–H groups in total. The monoisotopic (exact) mass is 246 g/mol. The van der Waals surface area contributed by atoms with Gasteiger partial charge in [0.15, 0.2) is 0 Å². The Bertz CT molecular complexity index is 403. The van der Waals surface area contributed by atoms with Crippen LogP contribution in [0.25, 0.3) is 0 Å². The van der Waals surface area contributed by atoms with E-state index in [0.29, 0.717) is 0 Å². The lowest BCUT2D eigenvalue weighted by Gasteiger charge is -2.02. The summed E-state index contributed by atoms with van der Waals surface area (Å²) in [5.74, 6) is 0. The zero-order valence-electron chi connectivity index (χ0n) is 12.7. The third-order valence-electron chi connectivity index (χ3n) is 2.25. The Morgan fingerprint density at radius 3 is 2.11 bits per heavy atom. The molecule has 0 aliphatic carbocycles. The smallest absolute Gasteiger partial charge is 0.0374 e. The Hall–Kier alpha value is -1.44. The van der Waals surface area contributed by atoms with Crippen molar-refractivity contribution in [2.24, 2.45) is 9.98 Å². The van der Waals surface area contributed by atoms with Gasteiger partial charge < -0.3 is 0 Å². The average molecular weight is 246 g/mol. The molecule has 0 aliphatic heterocycles. The second-order valence-electron chi connectivity index (χ2n) is 5.03. The number of nitrogens with zero attached hydrogens (tertiary/aromatic N) is 2. The van der Waals surface area contributed by atoms with Gasteiger partial charge in [0.2, 0.25) is 0 Å². The predicted molar refractivity (Wildman–Crippen MR) is 83.5 cm³/mol. The minimum Gasteiger partial charge on any atom is -0.266 e. The molecule has 0 fully saturated rings. The van der Waals surface area contributed by atoms with E-state index in [-0.39, 0.29) is 0 Å². The summed E-state index contributed by atoms with van der Waals surface area (Å²) in [5.41, 5.74) is 5.57. The van der Waals surface area contributed by atoms with Crippen molar-refractivity contribution >= 4 is 11.4 Å². The first-order chi connectivity index (χ1) is 8.31. The number of rotatable bonds is 6. The molecule has 0 aromatic heterocycles. The zero-order chi connectivity index (χ0) is 14.1. The first kappa shape index (κ1) is 16.6. The first-order valence-corrected chi connectivity index (χ1v) is 6.36. The van der Waals surface area contributed by atoms with Crippen molar-refractivity contribution in [3.8, 4) is 0 Å². The minimum atomic E-state index is 0.974. The standard InChI is InChI=1S/C16H26N2/c1-12(2)10-16(7)18-15(6)9-8-14(5)11-17-13(3)4/h10-11H,1,8-9H2,2-7H3/b14-11+,16-10-,18-15?. The SMILES string of the molecule is C=C(C)/C=C(/C)N=C(C)CC/C(C)=C/N=C(C)C. The second kappa shape index (κ2) is 8.62. The molecule has 0 bridgehead atoms. The maximum atomic E-state index is 4.54. The van der Waals surface area contributed by atoms with Crippen molar-refractivity contribution in [1.29, 1.82) is 0 Å². The van der Waals surface area contributed by atoms with Gasteiger partial charge in [-0.25, -0.2) is 0 Å². The Morgan fingerprint density at radius 2 is 1.61 bits per heavy atom. The Kier molecular flexibility index (Phi) is 7.93. The van der Waals surface area contributed by atoms with Crippen molar-refractivity contribution in [1.82, 2.24) is 0 Å². The van der Waals surface area contributed by atoms with Gasteiger partial charge in [-0.1, -0.05) is 17.7 Å². The molecule has 100 valence electrons. The van der Waals surface area contributed by atoms with Crippen LogP contribution in [0.2, 0.25) is 0 Å². The first-order valence-electron chi connectivity index (χ1n) is 6.36. The summed E-state index contributed by atoms with van der Waals surface area (Å²) in [6.45, 7) is 16.0. The quantitative estimate of drug-likeness (QED) is 0.460. The topological polar surface area (TPSA) is 24.7 Å². The average Bonchev–Trinajstić information content (AvgIpc) is 2.22. The van der Waals surface area contributed by atoms with E-state index in [0.717, 1.165) is 35.5 Å². The lowest BCUT2D eigenvalue weighted by molar-refractivity contribution is 0.993. The summed E-state index contributed by atoms with van der Waals surface area (Å²) in [4.78, 5) is 8.83. The van der Waals surface area contributed by atoms with Crippen LogP contribution >= 0.6 is 0 Å². The van der Waals surface area contributed by atoms with E-state index in [2.05, 4.69) is 30.4 Å². The van der Waals surface area contributed by atoms with Crippen molar-refractivity contribution in [3.63, 3.8) is 0 Å². The summed E-state index contributed by atoms with van der Waals surface area (Å²) in [5, 5.41) is 0. The van der Waals surface area contributed by atoms with Crippen molar-refractivity contribution in [3.05, 3.63) is 35.7 Å². The summed E-state index contributed by atoms with van der Waals surface area (Å²) in [7, 11) is 0. The molecular weight excluding hydrogens is 220 g/mol. The molecule has 0 spiro atoms. The Labute approximate surface area is 112 Å². The molecule has 0 unspecified atom stereocenters. The number of allylic oxidation sites excluding steroid dienone is 4. The molecule has 0 rings (SSSR count). The van der Waals surface area contributed by atoms with Crippen LogP contribution in [0.15, 0.2) is 45.7 Å². The summed E-state index contributed by atoms with van der Waals surface area (Å²) in [6.07, 6.45) is 5.92. The van der Waals surface area contributed by atoms with Gasteiger partial charge >= 0.3 is 0 Å². The molecule has 2 heteroatoms. The van der Waals surface area contributed by atoms with Crippen LogP contribution < -0.4 is 0 Å². The van der Waals surface area contributed by atoms with Gasteiger partial charge in [0.25, 0.3) is 0 Å². The highest BCUT2D eigenvalue weighted by molar-refractivity contribution is 5.83. The van der Waals surface area contributed by atoms with E-state index in [9.17, 15) is 0 Å². The highest BCUT2D eigenvalue weighted by atomic mass is 14.7. The van der Waals surface area contributed by atoms with Gasteiger partial charge in [-0.2, -0.15) is 0 Å². The van der Waals surface area contributed by atoms with Crippen molar-refractivity contribution in [2.45, 2.75) is 54.4 Å². The third kappa shape index (κ3) is 9.76. The highest BCUT2D eigenvalue weighted by Crippen LogP contribution is 2.08. The third-order valence-corrected chi connectivity index (χ3v) is 2.25. The van der Waals surface area contributed by atoms with Crippen LogP contribution in [0.4, 0.5) is 0 Å². The van der Waals surface area contributed by atoms with E-state index in [1.807, 2.05) is 40.0 Å². The Balaban J connectivity index is 4.38. The van der Waals surface area contributed by atoms with E-state index < -0.39 is 0 Å². The van der Waals surface area contributed by atoms with E-state index in [4.69, 9.17) is 0 Å². The molecular formula is C16H26N2. The van der Waals surface area contributed by atoms with Gasteiger partial charge in [0.1, 0.15) is 0 Å². The molecule has 0 heterocycles. The predicted octanol–water partition coefficient (Wildman–Crippen LogP) is 5.09. The number of hydrogen-bond acceptors (Lipinski definition) is 2. The van der Waals surface area contributed by atoms with Crippen LogP contribution in [0, 0.1) is 0 Å². The largest absolute Gasteiger partial charge is 0.266 e. The fraction of sp³-hybridized carbons (Fsp3) is 0.500.